The van der Waals surface area contributed by atoms with E-state index in [1.165, 1.54) is 0 Å². The van der Waals surface area contributed by atoms with Gasteiger partial charge >= 0.3 is 0 Å². The number of hydrogen-bond acceptors (Lipinski definition) is 3. The van der Waals surface area contributed by atoms with Crippen LogP contribution in [0.1, 0.15) is 18.9 Å². The molecule has 0 saturated heterocycles. The fourth-order valence-electron chi connectivity index (χ4n) is 1.54. The summed E-state index contributed by atoms with van der Waals surface area (Å²) in [6.07, 6.45) is 1.01. The summed E-state index contributed by atoms with van der Waals surface area (Å²) in [6.45, 7) is 2.74. The van der Waals surface area contributed by atoms with E-state index in [9.17, 15) is 4.79 Å². The highest BCUT2D eigenvalue weighted by Crippen LogP contribution is 2.10. The van der Waals surface area contributed by atoms with Crippen molar-refractivity contribution in [1.82, 2.24) is 5.32 Å². The molecule has 0 fully saturated rings. The van der Waals surface area contributed by atoms with Crippen molar-refractivity contribution in [3.63, 3.8) is 0 Å². The normalized spacial score (nSPS) is 12.1. The van der Waals surface area contributed by atoms with E-state index in [0.717, 1.165) is 5.56 Å². The highest BCUT2D eigenvalue weighted by Gasteiger charge is 2.07. The molecule has 1 aromatic carbocycles. The number of rotatable bonds is 6. The predicted octanol–water partition coefficient (Wildman–Crippen LogP) is 0.946. The van der Waals surface area contributed by atoms with Gasteiger partial charge in [-0.25, -0.2) is 0 Å². The molecule has 1 rings (SSSR count). The minimum atomic E-state index is -0.0345. The minimum absolute atomic E-state index is 0.0345. The summed E-state index contributed by atoms with van der Waals surface area (Å²) >= 11 is 0. The summed E-state index contributed by atoms with van der Waals surface area (Å²) in [6, 6.07) is 7.36. The highest BCUT2D eigenvalue weighted by molar-refractivity contribution is 5.80. The molecular formula is C13H20N2O2. The van der Waals surface area contributed by atoms with Crippen LogP contribution < -0.4 is 11.1 Å². The third-order valence-electron chi connectivity index (χ3n) is 2.68. The van der Waals surface area contributed by atoms with Gasteiger partial charge in [0.15, 0.2) is 0 Å². The van der Waals surface area contributed by atoms with Crippen molar-refractivity contribution in [2.45, 2.75) is 19.8 Å². The van der Waals surface area contributed by atoms with Crippen LogP contribution >= 0.6 is 0 Å². The van der Waals surface area contributed by atoms with Gasteiger partial charge < -0.3 is 16.2 Å². The van der Waals surface area contributed by atoms with Gasteiger partial charge in [0.2, 0.25) is 5.91 Å². The Morgan fingerprint density at radius 2 is 2.18 bits per heavy atom. The number of hydrogen-bond donors (Lipinski definition) is 3. The second kappa shape index (κ2) is 6.91. The molecule has 94 valence electrons. The maximum atomic E-state index is 11.6. The van der Waals surface area contributed by atoms with Crippen molar-refractivity contribution in [2.24, 2.45) is 5.92 Å². The molecule has 4 nitrogen and oxygen atoms in total. The van der Waals surface area contributed by atoms with Gasteiger partial charge in [-0.1, -0.05) is 25.1 Å². The smallest absolute Gasteiger partial charge is 0.224 e. The van der Waals surface area contributed by atoms with Crippen LogP contribution in [-0.2, 0) is 11.2 Å². The molecule has 1 aromatic rings. The maximum Gasteiger partial charge on any atom is 0.224 e. The Bertz CT molecular complexity index is 366. The lowest BCUT2D eigenvalue weighted by molar-refractivity contribution is -0.120. The first-order chi connectivity index (χ1) is 8.13. The van der Waals surface area contributed by atoms with Gasteiger partial charge in [-0.3, -0.25) is 4.79 Å². The number of amides is 1. The van der Waals surface area contributed by atoms with Gasteiger partial charge in [-0.2, -0.15) is 0 Å². The number of aliphatic hydroxyl groups excluding tert-OH is 1. The zero-order valence-corrected chi connectivity index (χ0v) is 10.1. The first-order valence-electron chi connectivity index (χ1n) is 5.84. The van der Waals surface area contributed by atoms with Crippen molar-refractivity contribution in [1.29, 1.82) is 0 Å². The molecular weight excluding hydrogens is 216 g/mol. The van der Waals surface area contributed by atoms with E-state index < -0.39 is 0 Å². The Morgan fingerprint density at radius 1 is 1.47 bits per heavy atom. The number of nitrogen functional groups attached to an aromatic ring is 1. The Kier molecular flexibility index (Phi) is 5.49. The molecule has 0 aliphatic heterocycles. The van der Waals surface area contributed by atoms with Crippen LogP contribution in [0.5, 0.6) is 0 Å². The number of nitrogens with one attached hydrogen (secondary N) is 1. The Labute approximate surface area is 102 Å². The van der Waals surface area contributed by atoms with Gasteiger partial charge in [0, 0.05) is 18.8 Å². The van der Waals surface area contributed by atoms with E-state index in [-0.39, 0.29) is 18.4 Å². The summed E-state index contributed by atoms with van der Waals surface area (Å²) in [5, 5.41) is 11.6. The number of aliphatic hydroxyl groups is 1. The molecule has 0 spiro atoms. The molecule has 0 aliphatic rings. The topological polar surface area (TPSA) is 75.3 Å². The van der Waals surface area contributed by atoms with E-state index in [1.807, 2.05) is 25.1 Å². The highest BCUT2D eigenvalue weighted by atomic mass is 16.3. The van der Waals surface area contributed by atoms with Crippen LogP contribution in [0.2, 0.25) is 0 Å². The minimum Gasteiger partial charge on any atom is -0.398 e. The van der Waals surface area contributed by atoms with Crippen molar-refractivity contribution in [3.8, 4) is 0 Å². The lowest BCUT2D eigenvalue weighted by atomic mass is 10.1. The van der Waals surface area contributed by atoms with Gasteiger partial charge in [0.1, 0.15) is 0 Å². The Balaban J connectivity index is 2.37. The van der Waals surface area contributed by atoms with Crippen molar-refractivity contribution >= 4 is 11.6 Å². The average Bonchev–Trinajstić information content (AvgIpc) is 2.30. The third kappa shape index (κ3) is 4.87. The number of carbonyl (C=O) groups is 1. The maximum absolute atomic E-state index is 11.6. The summed E-state index contributed by atoms with van der Waals surface area (Å²) < 4.78 is 0. The molecule has 0 aromatic heterocycles. The number of carbonyl (C=O) groups excluding carboxylic acids is 1. The average molecular weight is 236 g/mol. The number of para-hydroxylation sites is 1. The zero-order valence-electron chi connectivity index (χ0n) is 10.1. The lowest BCUT2D eigenvalue weighted by Crippen LogP contribution is -2.30. The van der Waals surface area contributed by atoms with Crippen molar-refractivity contribution in [3.05, 3.63) is 29.8 Å². The summed E-state index contributed by atoms with van der Waals surface area (Å²) in [5.41, 5.74) is 7.25. The van der Waals surface area contributed by atoms with Crippen molar-refractivity contribution < 1.29 is 9.90 Å². The molecule has 1 atom stereocenters. The fraction of sp³-hybridized carbons (Fsp3) is 0.462. The van der Waals surface area contributed by atoms with Crippen LogP contribution in [0.4, 0.5) is 5.69 Å². The van der Waals surface area contributed by atoms with Gasteiger partial charge in [-0.15, -0.1) is 0 Å². The molecule has 0 aliphatic carbocycles. The van der Waals surface area contributed by atoms with Gasteiger partial charge in [-0.05, 0) is 24.0 Å². The fourth-order valence-corrected chi connectivity index (χ4v) is 1.54. The van der Waals surface area contributed by atoms with Crippen LogP contribution in [0.3, 0.4) is 0 Å². The third-order valence-corrected chi connectivity index (χ3v) is 2.68. The molecule has 1 unspecified atom stereocenters. The van der Waals surface area contributed by atoms with Crippen LogP contribution in [0, 0.1) is 5.92 Å². The molecule has 0 bridgehead atoms. The molecule has 17 heavy (non-hydrogen) atoms. The number of benzene rings is 1. The molecule has 0 heterocycles. The van der Waals surface area contributed by atoms with E-state index >= 15 is 0 Å². The summed E-state index contributed by atoms with van der Waals surface area (Å²) in [5.74, 6) is 0.254. The first-order valence-corrected chi connectivity index (χ1v) is 5.84. The molecule has 0 saturated carbocycles. The van der Waals surface area contributed by atoms with Crippen LogP contribution in [-0.4, -0.2) is 24.2 Å². The van der Waals surface area contributed by atoms with Gasteiger partial charge in [0.25, 0.3) is 0 Å². The zero-order chi connectivity index (χ0) is 12.7. The first kappa shape index (κ1) is 13.5. The quantitative estimate of drug-likeness (QED) is 0.644. The Hall–Kier alpha value is -1.55. The van der Waals surface area contributed by atoms with E-state index in [0.29, 0.717) is 25.1 Å². The van der Waals surface area contributed by atoms with E-state index in [2.05, 4.69) is 5.32 Å². The monoisotopic (exact) mass is 236 g/mol. The molecule has 4 N–H and O–H groups in total. The SMILES string of the molecule is CC(CCO)CNC(=O)Cc1ccccc1N. The lowest BCUT2D eigenvalue weighted by Gasteiger charge is -2.11. The molecule has 1 amide bonds. The molecule has 4 heteroatoms. The second-order valence-corrected chi connectivity index (χ2v) is 4.30. The van der Waals surface area contributed by atoms with E-state index in [1.54, 1.807) is 6.07 Å². The molecule has 0 radical (unpaired) electrons. The van der Waals surface area contributed by atoms with Crippen molar-refractivity contribution in [2.75, 3.05) is 18.9 Å². The van der Waals surface area contributed by atoms with E-state index in [4.69, 9.17) is 10.8 Å². The standard InChI is InChI=1S/C13H20N2O2/c1-10(6-7-16)9-15-13(17)8-11-4-2-3-5-12(11)14/h2-5,10,16H,6-9,14H2,1H3,(H,15,17). The number of nitrogens with two attached hydrogens (primary N) is 1. The predicted molar refractivity (Wildman–Crippen MR) is 68.4 cm³/mol. The van der Waals surface area contributed by atoms with Crippen LogP contribution in [0.15, 0.2) is 24.3 Å². The number of anilines is 1. The largest absolute Gasteiger partial charge is 0.398 e. The van der Waals surface area contributed by atoms with Gasteiger partial charge in [0.05, 0.1) is 6.42 Å². The second-order valence-electron chi connectivity index (χ2n) is 4.30. The van der Waals surface area contributed by atoms with Crippen LogP contribution in [0.25, 0.3) is 0 Å². The summed E-state index contributed by atoms with van der Waals surface area (Å²) in [4.78, 5) is 11.6. The summed E-state index contributed by atoms with van der Waals surface area (Å²) in [7, 11) is 0. The Morgan fingerprint density at radius 3 is 2.82 bits per heavy atom.